The Balaban J connectivity index is 2.15. The van der Waals surface area contributed by atoms with Gasteiger partial charge < -0.3 is 4.74 Å². The fraction of sp³-hybridized carbons (Fsp3) is 0.200. The number of carbonyl (C=O) groups excluding carboxylic acids is 1. The van der Waals surface area contributed by atoms with E-state index in [1.54, 1.807) is 19.2 Å². The van der Waals surface area contributed by atoms with Crippen molar-refractivity contribution in [2.24, 2.45) is 0 Å². The van der Waals surface area contributed by atoms with Crippen LogP contribution >= 0.6 is 15.9 Å². The molecule has 96 valence electrons. The third kappa shape index (κ3) is 2.16. The highest BCUT2D eigenvalue weighted by Crippen LogP contribution is 2.27. The number of hydrogen-bond donors (Lipinski definition) is 0. The van der Waals surface area contributed by atoms with Crippen LogP contribution in [0, 0.1) is 0 Å². The maximum absolute atomic E-state index is 12.6. The second-order valence-electron chi connectivity index (χ2n) is 4.48. The average molecular weight is 318 g/mol. The summed E-state index contributed by atoms with van der Waals surface area (Å²) in [6.45, 7) is 0. The minimum absolute atomic E-state index is 0.0407. The van der Waals surface area contributed by atoms with Gasteiger partial charge in [-0.1, -0.05) is 22.0 Å². The van der Waals surface area contributed by atoms with Gasteiger partial charge in [0.05, 0.1) is 12.8 Å². The quantitative estimate of drug-likeness (QED) is 0.811. The zero-order valence-electron chi connectivity index (χ0n) is 10.4. The lowest BCUT2D eigenvalue weighted by Crippen LogP contribution is -2.06. The predicted octanol–water partition coefficient (Wildman–Crippen LogP) is 3.18. The summed E-state index contributed by atoms with van der Waals surface area (Å²) in [5.41, 5.74) is 3.33. The van der Waals surface area contributed by atoms with Crippen LogP contribution in [0.5, 0.6) is 5.88 Å². The number of fused-ring (bicyclic) bond motifs is 2. The van der Waals surface area contributed by atoms with Crippen molar-refractivity contribution in [1.82, 2.24) is 4.98 Å². The Bertz CT molecular complexity index is 667. The summed E-state index contributed by atoms with van der Waals surface area (Å²) in [4.78, 5) is 17.0. The lowest BCUT2D eigenvalue weighted by molar-refractivity contribution is 0.103. The number of carbonyl (C=O) groups is 1. The zero-order valence-corrected chi connectivity index (χ0v) is 12.0. The van der Waals surface area contributed by atoms with Crippen LogP contribution in [-0.4, -0.2) is 17.9 Å². The number of rotatable bonds is 1. The number of nitrogens with zero attached hydrogens (tertiary/aromatic N) is 1. The first-order chi connectivity index (χ1) is 9.19. The number of ether oxygens (including phenoxy) is 1. The fourth-order valence-corrected chi connectivity index (χ4v) is 2.73. The smallest absolute Gasteiger partial charge is 0.213 e. The Hall–Kier alpha value is -1.68. The van der Waals surface area contributed by atoms with E-state index >= 15 is 0 Å². The Morgan fingerprint density at radius 1 is 1.16 bits per heavy atom. The molecule has 3 nitrogen and oxygen atoms in total. The van der Waals surface area contributed by atoms with Crippen LogP contribution in [-0.2, 0) is 12.8 Å². The molecule has 1 aromatic carbocycles. The molecule has 1 aliphatic carbocycles. The van der Waals surface area contributed by atoms with E-state index in [2.05, 4.69) is 20.9 Å². The number of aryl methyl sites for hydroxylation is 2. The number of pyridine rings is 1. The molecule has 0 N–H and O–H groups in total. The Morgan fingerprint density at radius 3 is 2.79 bits per heavy atom. The van der Waals surface area contributed by atoms with E-state index in [0.29, 0.717) is 11.4 Å². The van der Waals surface area contributed by atoms with E-state index in [-0.39, 0.29) is 5.78 Å². The molecule has 19 heavy (non-hydrogen) atoms. The molecule has 0 saturated heterocycles. The number of hydrogen-bond acceptors (Lipinski definition) is 3. The summed E-state index contributed by atoms with van der Waals surface area (Å²) in [5, 5.41) is 0. The van der Waals surface area contributed by atoms with Crippen LogP contribution in [0.4, 0.5) is 0 Å². The maximum atomic E-state index is 12.6. The highest BCUT2D eigenvalue weighted by atomic mass is 79.9. The molecule has 0 amide bonds. The van der Waals surface area contributed by atoms with Crippen molar-refractivity contribution in [2.45, 2.75) is 12.8 Å². The van der Waals surface area contributed by atoms with Gasteiger partial charge in [-0.25, -0.2) is 4.98 Å². The predicted molar refractivity (Wildman–Crippen MR) is 75.8 cm³/mol. The van der Waals surface area contributed by atoms with Crippen LogP contribution in [0.25, 0.3) is 0 Å². The average Bonchev–Trinajstić information content (AvgIpc) is 2.57. The standard InChI is InChI=1S/C15H12BrNO2/c1-19-14-7-5-11-13(17-14)6-3-9-2-4-10(16)8-12(9)15(11)18/h2,4-5,7-8H,3,6H2,1H3. The van der Waals surface area contributed by atoms with E-state index < -0.39 is 0 Å². The number of methoxy groups -OCH3 is 1. The Morgan fingerprint density at radius 2 is 2.00 bits per heavy atom. The van der Waals surface area contributed by atoms with Gasteiger partial charge in [0.1, 0.15) is 0 Å². The molecule has 0 aliphatic heterocycles. The van der Waals surface area contributed by atoms with Gasteiger partial charge in [0.2, 0.25) is 5.88 Å². The lowest BCUT2D eigenvalue weighted by Gasteiger charge is -2.06. The summed E-state index contributed by atoms with van der Waals surface area (Å²) in [7, 11) is 1.58. The van der Waals surface area contributed by atoms with Crippen LogP contribution in [0.3, 0.4) is 0 Å². The summed E-state index contributed by atoms with van der Waals surface area (Å²) in [6.07, 6.45) is 1.58. The first-order valence-electron chi connectivity index (χ1n) is 6.06. The summed E-state index contributed by atoms with van der Waals surface area (Å²) in [5.74, 6) is 0.595. The van der Waals surface area contributed by atoms with Gasteiger partial charge in [-0.05, 0) is 36.6 Å². The van der Waals surface area contributed by atoms with Crippen molar-refractivity contribution < 1.29 is 9.53 Å². The third-order valence-electron chi connectivity index (χ3n) is 3.35. The lowest BCUT2D eigenvalue weighted by atomic mass is 10.0. The van der Waals surface area contributed by atoms with Gasteiger partial charge in [0.25, 0.3) is 0 Å². The Kier molecular flexibility index (Phi) is 3.11. The molecular formula is C15H12BrNO2. The molecule has 3 rings (SSSR count). The second-order valence-corrected chi connectivity index (χ2v) is 5.39. The van der Waals surface area contributed by atoms with E-state index in [9.17, 15) is 4.79 Å². The number of aromatic nitrogens is 1. The highest BCUT2D eigenvalue weighted by Gasteiger charge is 2.22. The number of ketones is 1. The Labute approximate surface area is 119 Å². The molecule has 2 aromatic rings. The van der Waals surface area contributed by atoms with Gasteiger partial charge in [-0.3, -0.25) is 4.79 Å². The van der Waals surface area contributed by atoms with Crippen LogP contribution in [0.1, 0.15) is 27.2 Å². The monoisotopic (exact) mass is 317 g/mol. The van der Waals surface area contributed by atoms with Crippen molar-refractivity contribution in [3.63, 3.8) is 0 Å². The zero-order chi connectivity index (χ0) is 13.4. The van der Waals surface area contributed by atoms with Gasteiger partial charge in [-0.15, -0.1) is 0 Å². The summed E-state index contributed by atoms with van der Waals surface area (Å²) >= 11 is 3.42. The van der Waals surface area contributed by atoms with Gasteiger partial charge >= 0.3 is 0 Å². The largest absolute Gasteiger partial charge is 0.481 e. The minimum atomic E-state index is 0.0407. The molecule has 0 spiro atoms. The molecule has 0 radical (unpaired) electrons. The molecule has 1 aromatic heterocycles. The molecule has 1 heterocycles. The topological polar surface area (TPSA) is 39.2 Å². The first-order valence-corrected chi connectivity index (χ1v) is 6.85. The van der Waals surface area contributed by atoms with Crippen molar-refractivity contribution in [3.8, 4) is 5.88 Å². The highest BCUT2D eigenvalue weighted by molar-refractivity contribution is 9.10. The van der Waals surface area contributed by atoms with Crippen LogP contribution in [0.2, 0.25) is 0 Å². The summed E-state index contributed by atoms with van der Waals surface area (Å²) in [6, 6.07) is 9.40. The molecular weight excluding hydrogens is 306 g/mol. The van der Waals surface area contributed by atoms with Gasteiger partial charge in [-0.2, -0.15) is 0 Å². The minimum Gasteiger partial charge on any atom is -0.481 e. The summed E-state index contributed by atoms with van der Waals surface area (Å²) < 4.78 is 6.04. The SMILES string of the molecule is COc1ccc2c(n1)CCc1ccc(Br)cc1C2=O. The molecule has 0 saturated carbocycles. The van der Waals surface area contributed by atoms with Crippen molar-refractivity contribution in [2.75, 3.05) is 7.11 Å². The molecule has 1 aliphatic rings. The number of halogens is 1. The van der Waals surface area contributed by atoms with E-state index in [4.69, 9.17) is 4.74 Å². The van der Waals surface area contributed by atoms with Gasteiger partial charge in [0.15, 0.2) is 5.78 Å². The van der Waals surface area contributed by atoms with E-state index in [1.807, 2.05) is 18.2 Å². The molecule has 0 atom stereocenters. The molecule has 0 bridgehead atoms. The van der Waals surface area contributed by atoms with E-state index in [0.717, 1.165) is 34.1 Å². The normalized spacial score (nSPS) is 13.5. The first kappa shape index (κ1) is 12.4. The molecule has 4 heteroatoms. The third-order valence-corrected chi connectivity index (χ3v) is 3.84. The van der Waals surface area contributed by atoms with E-state index in [1.165, 1.54) is 0 Å². The van der Waals surface area contributed by atoms with Crippen molar-refractivity contribution >= 4 is 21.7 Å². The maximum Gasteiger partial charge on any atom is 0.213 e. The second kappa shape index (κ2) is 4.78. The number of benzene rings is 1. The van der Waals surface area contributed by atoms with Crippen molar-refractivity contribution in [1.29, 1.82) is 0 Å². The molecule has 0 fully saturated rings. The van der Waals surface area contributed by atoms with Crippen LogP contribution < -0.4 is 4.74 Å². The van der Waals surface area contributed by atoms with Gasteiger partial charge in [0, 0.05) is 21.7 Å². The van der Waals surface area contributed by atoms with Crippen LogP contribution in [0.15, 0.2) is 34.8 Å². The van der Waals surface area contributed by atoms with Crippen molar-refractivity contribution in [3.05, 3.63) is 57.2 Å². The molecule has 0 unspecified atom stereocenters. The fourth-order valence-electron chi connectivity index (χ4n) is 2.37.